The van der Waals surface area contributed by atoms with E-state index in [0.717, 1.165) is 6.42 Å². The molecule has 2 N–H and O–H groups in total. The lowest BCUT2D eigenvalue weighted by Crippen LogP contribution is -2.02. The van der Waals surface area contributed by atoms with Gasteiger partial charge in [-0.25, -0.2) is 9.78 Å². The monoisotopic (exact) mass is 183 g/mol. The first-order chi connectivity index (χ1) is 6.27. The van der Waals surface area contributed by atoms with E-state index in [9.17, 15) is 4.79 Å². The first-order valence-corrected chi connectivity index (χ1v) is 4.00. The number of nitrogens with one attached hydrogen (secondary N) is 1. The van der Waals surface area contributed by atoms with Crippen LogP contribution in [0.25, 0.3) is 0 Å². The van der Waals surface area contributed by atoms with Crippen molar-refractivity contribution < 1.29 is 14.6 Å². The molecule has 1 aromatic heterocycles. The average molecular weight is 183 g/mol. The summed E-state index contributed by atoms with van der Waals surface area (Å²) in [4.78, 5) is 14.3. The predicted molar refractivity (Wildman–Crippen MR) is 41.5 cm³/mol. The van der Waals surface area contributed by atoms with Crippen LogP contribution in [0.15, 0.2) is 0 Å². The van der Waals surface area contributed by atoms with E-state index in [2.05, 4.69) is 15.2 Å². The Morgan fingerprint density at radius 2 is 2.54 bits per heavy atom. The molecule has 0 aromatic carbocycles. The molecule has 1 aromatic rings. The summed E-state index contributed by atoms with van der Waals surface area (Å²) in [6, 6.07) is 0. The van der Waals surface area contributed by atoms with Crippen molar-refractivity contribution in [3.05, 3.63) is 11.6 Å². The van der Waals surface area contributed by atoms with Gasteiger partial charge in [0.25, 0.3) is 5.82 Å². The number of aromatic carboxylic acids is 1. The Labute approximate surface area is 73.9 Å². The molecule has 6 heteroatoms. The fourth-order valence-electron chi connectivity index (χ4n) is 1.30. The first-order valence-electron chi connectivity index (χ1n) is 4.00. The van der Waals surface area contributed by atoms with Crippen LogP contribution >= 0.6 is 0 Å². The largest absolute Gasteiger partial charge is 0.475 e. The molecule has 2 heterocycles. The number of rotatable bonds is 2. The van der Waals surface area contributed by atoms with Crippen LogP contribution < -0.4 is 0 Å². The summed E-state index contributed by atoms with van der Waals surface area (Å²) < 4.78 is 5.15. The molecular formula is C7H9N3O3. The van der Waals surface area contributed by atoms with E-state index in [1.807, 2.05) is 0 Å². The SMILES string of the molecule is O=C(O)c1n[nH]c(C2CCOC2)n1. The normalized spacial score (nSPS) is 22.0. The van der Waals surface area contributed by atoms with Crippen molar-refractivity contribution in [1.29, 1.82) is 0 Å². The summed E-state index contributed by atoms with van der Waals surface area (Å²) in [7, 11) is 0. The van der Waals surface area contributed by atoms with E-state index in [1.165, 1.54) is 0 Å². The molecule has 1 fully saturated rings. The van der Waals surface area contributed by atoms with Gasteiger partial charge in [-0.05, 0) is 6.42 Å². The van der Waals surface area contributed by atoms with Gasteiger partial charge in [0.1, 0.15) is 5.82 Å². The third kappa shape index (κ3) is 1.52. The van der Waals surface area contributed by atoms with Gasteiger partial charge in [-0.1, -0.05) is 0 Å². The molecule has 6 nitrogen and oxygen atoms in total. The van der Waals surface area contributed by atoms with Crippen molar-refractivity contribution in [2.45, 2.75) is 12.3 Å². The molecule has 13 heavy (non-hydrogen) atoms. The maximum atomic E-state index is 10.5. The van der Waals surface area contributed by atoms with Gasteiger partial charge in [0.05, 0.1) is 6.61 Å². The minimum Gasteiger partial charge on any atom is -0.475 e. The second-order valence-corrected chi connectivity index (χ2v) is 2.91. The number of H-pyrrole nitrogens is 1. The molecule has 2 rings (SSSR count). The Morgan fingerprint density at radius 1 is 1.69 bits per heavy atom. The topological polar surface area (TPSA) is 88.1 Å². The van der Waals surface area contributed by atoms with Crippen molar-refractivity contribution >= 4 is 5.97 Å². The number of carbonyl (C=O) groups is 1. The fraction of sp³-hybridized carbons (Fsp3) is 0.571. The summed E-state index contributed by atoms with van der Waals surface area (Å²) in [5, 5.41) is 14.7. The number of aromatic amines is 1. The van der Waals surface area contributed by atoms with Gasteiger partial charge in [0.15, 0.2) is 0 Å². The number of hydrogen-bond donors (Lipinski definition) is 2. The van der Waals surface area contributed by atoms with Crippen LogP contribution in [-0.4, -0.2) is 39.5 Å². The van der Waals surface area contributed by atoms with Crippen LogP contribution in [0.4, 0.5) is 0 Å². The quantitative estimate of drug-likeness (QED) is 0.674. The van der Waals surface area contributed by atoms with Crippen molar-refractivity contribution in [2.75, 3.05) is 13.2 Å². The highest BCUT2D eigenvalue weighted by atomic mass is 16.5. The van der Waals surface area contributed by atoms with E-state index in [4.69, 9.17) is 9.84 Å². The Balaban J connectivity index is 2.16. The van der Waals surface area contributed by atoms with E-state index in [1.54, 1.807) is 0 Å². The second-order valence-electron chi connectivity index (χ2n) is 2.91. The lowest BCUT2D eigenvalue weighted by molar-refractivity contribution is 0.0684. The van der Waals surface area contributed by atoms with Gasteiger partial charge in [-0.15, -0.1) is 5.10 Å². The number of aromatic nitrogens is 3. The molecule has 0 bridgehead atoms. The zero-order chi connectivity index (χ0) is 9.26. The van der Waals surface area contributed by atoms with Gasteiger partial charge in [-0.3, -0.25) is 5.10 Å². The molecule has 0 spiro atoms. The van der Waals surface area contributed by atoms with Gasteiger partial charge in [-0.2, -0.15) is 0 Å². The molecule has 1 aliphatic rings. The van der Waals surface area contributed by atoms with Crippen LogP contribution in [0.3, 0.4) is 0 Å². The summed E-state index contributed by atoms with van der Waals surface area (Å²) in [5.41, 5.74) is 0. The molecule has 0 saturated carbocycles. The van der Waals surface area contributed by atoms with Crippen LogP contribution in [0.1, 0.15) is 28.8 Å². The molecular weight excluding hydrogens is 174 g/mol. The maximum absolute atomic E-state index is 10.5. The second kappa shape index (κ2) is 3.14. The Kier molecular flexibility index (Phi) is 1.97. The number of carboxylic acids is 1. The minimum absolute atomic E-state index is 0.167. The van der Waals surface area contributed by atoms with E-state index >= 15 is 0 Å². The Hall–Kier alpha value is -1.43. The molecule has 0 aliphatic carbocycles. The minimum atomic E-state index is -1.11. The van der Waals surface area contributed by atoms with Gasteiger partial charge in [0, 0.05) is 12.5 Å². The molecule has 0 radical (unpaired) electrons. The van der Waals surface area contributed by atoms with E-state index < -0.39 is 5.97 Å². The van der Waals surface area contributed by atoms with Gasteiger partial charge >= 0.3 is 5.97 Å². The summed E-state index contributed by atoms with van der Waals surface area (Å²) >= 11 is 0. The van der Waals surface area contributed by atoms with Crippen LogP contribution in [-0.2, 0) is 4.74 Å². The lowest BCUT2D eigenvalue weighted by atomic mass is 10.1. The van der Waals surface area contributed by atoms with Crippen molar-refractivity contribution in [3.63, 3.8) is 0 Å². The van der Waals surface area contributed by atoms with Crippen molar-refractivity contribution in [3.8, 4) is 0 Å². The third-order valence-corrected chi connectivity index (χ3v) is 2.01. The van der Waals surface area contributed by atoms with Crippen molar-refractivity contribution in [1.82, 2.24) is 15.2 Å². The fourth-order valence-corrected chi connectivity index (χ4v) is 1.30. The zero-order valence-corrected chi connectivity index (χ0v) is 6.86. The summed E-state index contributed by atoms with van der Waals surface area (Å²) in [6.07, 6.45) is 0.869. The highest BCUT2D eigenvalue weighted by molar-refractivity contribution is 5.82. The number of carboxylic acid groups (broad SMARTS) is 1. The number of ether oxygens (including phenoxy) is 1. The lowest BCUT2D eigenvalue weighted by Gasteiger charge is -1.99. The molecule has 1 saturated heterocycles. The maximum Gasteiger partial charge on any atom is 0.375 e. The highest BCUT2D eigenvalue weighted by Gasteiger charge is 2.22. The first kappa shape index (κ1) is 8.18. The average Bonchev–Trinajstić information content (AvgIpc) is 2.75. The molecule has 1 aliphatic heterocycles. The number of nitrogens with zero attached hydrogens (tertiary/aromatic N) is 2. The molecule has 70 valence electrons. The van der Waals surface area contributed by atoms with Crippen molar-refractivity contribution in [2.24, 2.45) is 0 Å². The zero-order valence-electron chi connectivity index (χ0n) is 6.86. The summed E-state index contributed by atoms with van der Waals surface area (Å²) in [5.74, 6) is -0.515. The standard InChI is InChI=1S/C7H9N3O3/c11-7(12)6-8-5(9-10-6)4-1-2-13-3-4/h4H,1-3H2,(H,11,12)(H,8,9,10). The van der Waals surface area contributed by atoms with Crippen LogP contribution in [0.5, 0.6) is 0 Å². The van der Waals surface area contributed by atoms with E-state index in [-0.39, 0.29) is 11.7 Å². The van der Waals surface area contributed by atoms with Gasteiger partial charge < -0.3 is 9.84 Å². The Bertz CT molecular complexity index is 317. The molecule has 1 unspecified atom stereocenters. The number of hydrogen-bond acceptors (Lipinski definition) is 4. The van der Waals surface area contributed by atoms with Crippen LogP contribution in [0.2, 0.25) is 0 Å². The predicted octanol–water partition coefficient (Wildman–Crippen LogP) is 0.00680. The van der Waals surface area contributed by atoms with Gasteiger partial charge in [0.2, 0.25) is 0 Å². The molecule has 1 atom stereocenters. The smallest absolute Gasteiger partial charge is 0.375 e. The third-order valence-electron chi connectivity index (χ3n) is 2.01. The van der Waals surface area contributed by atoms with E-state index in [0.29, 0.717) is 19.0 Å². The Morgan fingerprint density at radius 3 is 3.08 bits per heavy atom. The molecule has 0 amide bonds. The summed E-state index contributed by atoms with van der Waals surface area (Å²) in [6.45, 7) is 1.29. The highest BCUT2D eigenvalue weighted by Crippen LogP contribution is 2.21. The van der Waals surface area contributed by atoms with Crippen LogP contribution in [0, 0.1) is 0 Å².